The summed E-state index contributed by atoms with van der Waals surface area (Å²) in [6.45, 7) is 6.18. The molecule has 1 fully saturated rings. The molecule has 1 rings (SSSR count). The van der Waals surface area contributed by atoms with Crippen molar-refractivity contribution in [3.8, 4) is 0 Å². The molecule has 1 saturated heterocycles. The van der Waals surface area contributed by atoms with E-state index in [-0.39, 0.29) is 6.29 Å². The summed E-state index contributed by atoms with van der Waals surface area (Å²) in [6.07, 6.45) is 22.3. The maximum atomic E-state index is 5.69. The van der Waals surface area contributed by atoms with Crippen molar-refractivity contribution in [2.24, 2.45) is 5.92 Å². The Morgan fingerprint density at radius 3 is 1.50 bits per heavy atom. The molecule has 1 unspecified atom stereocenters. The highest BCUT2D eigenvalue weighted by Gasteiger charge is 2.21. The molecule has 24 heavy (non-hydrogen) atoms. The van der Waals surface area contributed by atoms with Gasteiger partial charge in [-0.15, -0.1) is 0 Å². The third-order valence-electron chi connectivity index (χ3n) is 5.40. The lowest BCUT2D eigenvalue weighted by molar-refractivity contribution is -0.0585. The largest absolute Gasteiger partial charge is 0.350 e. The molecule has 1 heterocycles. The molecule has 2 nitrogen and oxygen atoms in total. The van der Waals surface area contributed by atoms with Crippen molar-refractivity contribution in [3.63, 3.8) is 0 Å². The minimum absolute atomic E-state index is 0.0969. The second kappa shape index (κ2) is 16.4. The highest BCUT2D eigenvalue weighted by Crippen LogP contribution is 2.26. The third-order valence-corrected chi connectivity index (χ3v) is 5.40. The molecule has 2 heteroatoms. The Balaban J connectivity index is 2.10. The Kier molecular flexibility index (Phi) is 15.0. The van der Waals surface area contributed by atoms with E-state index in [0.29, 0.717) is 0 Å². The van der Waals surface area contributed by atoms with E-state index < -0.39 is 0 Å². The second-order valence-corrected chi connectivity index (χ2v) is 7.74. The second-order valence-electron chi connectivity index (χ2n) is 7.74. The van der Waals surface area contributed by atoms with Gasteiger partial charge in [-0.2, -0.15) is 0 Å². The van der Waals surface area contributed by atoms with Gasteiger partial charge in [0.25, 0.3) is 0 Å². The minimum Gasteiger partial charge on any atom is -0.350 e. The van der Waals surface area contributed by atoms with E-state index in [1.165, 1.54) is 96.3 Å². The standard InChI is InChI=1S/C22H44O2/c1-3-5-7-9-11-13-15-17-21(20-22-23-18-19-24-22)16-14-12-10-8-6-4-2/h21-22H,3-20H2,1-2H3. The molecule has 0 aromatic carbocycles. The van der Waals surface area contributed by atoms with Crippen LogP contribution >= 0.6 is 0 Å². The first-order valence-corrected chi connectivity index (χ1v) is 11.1. The minimum atomic E-state index is 0.0969. The van der Waals surface area contributed by atoms with Gasteiger partial charge in [-0.25, -0.2) is 0 Å². The van der Waals surface area contributed by atoms with Gasteiger partial charge in [-0.1, -0.05) is 110 Å². The lowest BCUT2D eigenvalue weighted by Crippen LogP contribution is -2.15. The Morgan fingerprint density at radius 1 is 0.625 bits per heavy atom. The van der Waals surface area contributed by atoms with Crippen LogP contribution < -0.4 is 0 Å². The maximum Gasteiger partial charge on any atom is 0.158 e. The summed E-state index contributed by atoms with van der Waals surface area (Å²) in [5.74, 6) is 0.815. The van der Waals surface area contributed by atoms with E-state index in [2.05, 4.69) is 13.8 Å². The van der Waals surface area contributed by atoms with Crippen molar-refractivity contribution in [3.05, 3.63) is 0 Å². The van der Waals surface area contributed by atoms with Gasteiger partial charge < -0.3 is 9.47 Å². The molecule has 0 aliphatic carbocycles. The monoisotopic (exact) mass is 340 g/mol. The summed E-state index contributed by atoms with van der Waals surface area (Å²) in [5, 5.41) is 0. The van der Waals surface area contributed by atoms with Crippen LogP contribution in [0, 0.1) is 5.92 Å². The molecule has 0 radical (unpaired) electrons. The molecule has 0 bridgehead atoms. The van der Waals surface area contributed by atoms with Crippen LogP contribution in [0.15, 0.2) is 0 Å². The van der Waals surface area contributed by atoms with Gasteiger partial charge in [0.15, 0.2) is 6.29 Å². The number of hydrogen-bond acceptors (Lipinski definition) is 2. The average Bonchev–Trinajstić information content (AvgIpc) is 3.10. The van der Waals surface area contributed by atoms with Gasteiger partial charge in [-0.3, -0.25) is 0 Å². The number of hydrogen-bond donors (Lipinski definition) is 0. The molecule has 0 aromatic heterocycles. The first-order valence-electron chi connectivity index (χ1n) is 11.1. The normalized spacial score (nSPS) is 16.8. The quantitative estimate of drug-likeness (QED) is 0.259. The summed E-state index contributed by atoms with van der Waals surface area (Å²) in [6, 6.07) is 0. The van der Waals surface area contributed by atoms with Crippen molar-refractivity contribution in [2.45, 2.75) is 123 Å². The smallest absolute Gasteiger partial charge is 0.158 e. The van der Waals surface area contributed by atoms with Gasteiger partial charge in [0.2, 0.25) is 0 Å². The average molecular weight is 341 g/mol. The Labute approximate surface area is 152 Å². The van der Waals surface area contributed by atoms with Gasteiger partial charge in [0, 0.05) is 6.42 Å². The molecule has 1 aliphatic rings. The van der Waals surface area contributed by atoms with E-state index in [4.69, 9.17) is 9.47 Å². The zero-order valence-corrected chi connectivity index (χ0v) is 16.7. The van der Waals surface area contributed by atoms with Crippen LogP contribution in [0.3, 0.4) is 0 Å². The highest BCUT2D eigenvalue weighted by atomic mass is 16.7. The number of ether oxygens (including phenoxy) is 2. The summed E-state index contributed by atoms with van der Waals surface area (Å²) >= 11 is 0. The summed E-state index contributed by atoms with van der Waals surface area (Å²) in [7, 11) is 0. The van der Waals surface area contributed by atoms with Crippen LogP contribution in [-0.2, 0) is 9.47 Å². The molecular weight excluding hydrogens is 296 g/mol. The van der Waals surface area contributed by atoms with Crippen LogP contribution in [0.2, 0.25) is 0 Å². The van der Waals surface area contributed by atoms with E-state index in [1.54, 1.807) is 0 Å². The SMILES string of the molecule is CCCCCCCCCC(CCCCCCCC)CC1OCCO1. The molecule has 0 amide bonds. The van der Waals surface area contributed by atoms with Crippen molar-refractivity contribution in [1.29, 1.82) is 0 Å². The fraction of sp³-hybridized carbons (Fsp3) is 1.00. The highest BCUT2D eigenvalue weighted by molar-refractivity contribution is 4.65. The topological polar surface area (TPSA) is 18.5 Å². The molecule has 1 atom stereocenters. The molecule has 0 N–H and O–H groups in total. The summed E-state index contributed by atoms with van der Waals surface area (Å²) in [4.78, 5) is 0. The van der Waals surface area contributed by atoms with E-state index >= 15 is 0 Å². The summed E-state index contributed by atoms with van der Waals surface area (Å²) in [5.41, 5.74) is 0. The van der Waals surface area contributed by atoms with Crippen LogP contribution in [-0.4, -0.2) is 19.5 Å². The zero-order chi connectivity index (χ0) is 17.3. The lowest BCUT2D eigenvalue weighted by atomic mass is 9.91. The zero-order valence-electron chi connectivity index (χ0n) is 16.7. The van der Waals surface area contributed by atoms with Crippen LogP contribution in [0.1, 0.15) is 117 Å². The maximum absolute atomic E-state index is 5.69. The first kappa shape index (κ1) is 22.0. The van der Waals surface area contributed by atoms with E-state index in [1.807, 2.05) is 0 Å². The van der Waals surface area contributed by atoms with Crippen LogP contribution in [0.4, 0.5) is 0 Å². The predicted octanol–water partition coefficient (Wildman–Crippen LogP) is 7.26. The van der Waals surface area contributed by atoms with Crippen molar-refractivity contribution in [2.75, 3.05) is 13.2 Å². The fourth-order valence-electron chi connectivity index (χ4n) is 3.80. The Bertz CT molecular complexity index is 248. The number of rotatable bonds is 17. The van der Waals surface area contributed by atoms with Gasteiger partial charge in [0.1, 0.15) is 0 Å². The summed E-state index contributed by atoms with van der Waals surface area (Å²) < 4.78 is 11.4. The predicted molar refractivity (Wildman–Crippen MR) is 104 cm³/mol. The van der Waals surface area contributed by atoms with Crippen molar-refractivity contribution >= 4 is 0 Å². The molecule has 1 aliphatic heterocycles. The van der Waals surface area contributed by atoms with Crippen LogP contribution in [0.5, 0.6) is 0 Å². The molecule has 0 spiro atoms. The van der Waals surface area contributed by atoms with E-state index in [0.717, 1.165) is 25.6 Å². The van der Waals surface area contributed by atoms with E-state index in [9.17, 15) is 0 Å². The van der Waals surface area contributed by atoms with Crippen molar-refractivity contribution in [1.82, 2.24) is 0 Å². The van der Waals surface area contributed by atoms with Crippen molar-refractivity contribution < 1.29 is 9.47 Å². The first-order chi connectivity index (χ1) is 11.9. The Morgan fingerprint density at radius 2 is 1.04 bits per heavy atom. The molecular formula is C22H44O2. The van der Waals surface area contributed by atoms with Gasteiger partial charge >= 0.3 is 0 Å². The molecule has 144 valence electrons. The Hall–Kier alpha value is -0.0800. The van der Waals surface area contributed by atoms with Gasteiger partial charge in [0.05, 0.1) is 13.2 Å². The number of unbranched alkanes of at least 4 members (excludes halogenated alkanes) is 11. The fourth-order valence-corrected chi connectivity index (χ4v) is 3.80. The lowest BCUT2D eigenvalue weighted by Gasteiger charge is -2.20. The van der Waals surface area contributed by atoms with Crippen LogP contribution in [0.25, 0.3) is 0 Å². The third kappa shape index (κ3) is 12.3. The van der Waals surface area contributed by atoms with Gasteiger partial charge in [-0.05, 0) is 5.92 Å². The molecule has 0 aromatic rings. The molecule has 0 saturated carbocycles.